The molecule has 2 aromatic carbocycles. The second-order valence-electron chi connectivity index (χ2n) is 6.49. The minimum absolute atomic E-state index is 0.290. The summed E-state index contributed by atoms with van der Waals surface area (Å²) in [4.78, 5) is 4.68. The van der Waals surface area contributed by atoms with Gasteiger partial charge in [-0.3, -0.25) is 0 Å². The van der Waals surface area contributed by atoms with Gasteiger partial charge in [0.1, 0.15) is 18.1 Å². The van der Waals surface area contributed by atoms with Crippen molar-refractivity contribution in [2.24, 2.45) is 4.99 Å². The topological polar surface area (TPSA) is 75.1 Å². The first kappa shape index (κ1) is 21.6. The Morgan fingerprint density at radius 1 is 1.11 bits per heavy atom. The number of aromatic hydroxyl groups is 1. The number of nitrogens with zero attached hydrogens (tertiary/aromatic N) is 1. The van der Waals surface area contributed by atoms with E-state index in [2.05, 4.69) is 27.8 Å². The van der Waals surface area contributed by atoms with Crippen LogP contribution in [-0.2, 0) is 17.7 Å². The maximum atomic E-state index is 9.56. The van der Waals surface area contributed by atoms with Crippen LogP contribution in [0.5, 0.6) is 11.5 Å². The highest BCUT2D eigenvalue weighted by Crippen LogP contribution is 2.21. The molecule has 2 rings (SSSR count). The molecule has 28 heavy (non-hydrogen) atoms. The highest BCUT2D eigenvalue weighted by Gasteiger charge is 2.05. The Bertz CT molecular complexity index is 762. The number of ether oxygens (including phenoxy) is 2. The number of rotatable bonds is 10. The van der Waals surface area contributed by atoms with Crippen molar-refractivity contribution >= 4 is 5.96 Å². The van der Waals surface area contributed by atoms with Crippen molar-refractivity contribution < 1.29 is 14.6 Å². The van der Waals surface area contributed by atoms with Crippen molar-refractivity contribution in [1.29, 1.82) is 0 Å². The fourth-order valence-corrected chi connectivity index (χ4v) is 2.70. The Morgan fingerprint density at radius 2 is 1.96 bits per heavy atom. The minimum Gasteiger partial charge on any atom is -0.508 e. The zero-order valence-electron chi connectivity index (χ0n) is 17.0. The smallest absolute Gasteiger partial charge is 0.191 e. The van der Waals surface area contributed by atoms with Crippen LogP contribution < -0.4 is 15.4 Å². The molecular weight excluding hydrogens is 354 g/mol. The first-order valence-corrected chi connectivity index (χ1v) is 9.63. The second kappa shape index (κ2) is 11.9. The first-order chi connectivity index (χ1) is 13.6. The molecule has 2 aromatic rings. The lowest BCUT2D eigenvalue weighted by Crippen LogP contribution is -2.38. The number of aryl methyl sites for hydroxylation is 1. The van der Waals surface area contributed by atoms with Gasteiger partial charge in [-0.05, 0) is 49.6 Å². The molecule has 0 heterocycles. The molecule has 0 saturated heterocycles. The van der Waals surface area contributed by atoms with E-state index in [1.807, 2.05) is 32.0 Å². The third-order valence-electron chi connectivity index (χ3n) is 4.14. The molecule has 0 amide bonds. The van der Waals surface area contributed by atoms with E-state index in [0.29, 0.717) is 25.5 Å². The Kier molecular flexibility index (Phi) is 9.15. The van der Waals surface area contributed by atoms with Gasteiger partial charge in [-0.15, -0.1) is 0 Å². The normalized spacial score (nSPS) is 11.3. The van der Waals surface area contributed by atoms with Gasteiger partial charge in [-0.25, -0.2) is 4.99 Å². The van der Waals surface area contributed by atoms with Gasteiger partial charge in [0.2, 0.25) is 0 Å². The van der Waals surface area contributed by atoms with Gasteiger partial charge in [0.15, 0.2) is 5.96 Å². The molecule has 0 radical (unpaired) electrons. The van der Waals surface area contributed by atoms with Crippen LogP contribution in [0.1, 0.15) is 23.6 Å². The summed E-state index contributed by atoms with van der Waals surface area (Å²) in [7, 11) is 1.66. The summed E-state index contributed by atoms with van der Waals surface area (Å²) < 4.78 is 10.9. The van der Waals surface area contributed by atoms with Gasteiger partial charge >= 0.3 is 0 Å². The number of hydrogen-bond donors (Lipinski definition) is 3. The van der Waals surface area contributed by atoms with Crippen molar-refractivity contribution in [2.45, 2.75) is 26.8 Å². The molecule has 3 N–H and O–H groups in total. The monoisotopic (exact) mass is 385 g/mol. The van der Waals surface area contributed by atoms with E-state index in [-0.39, 0.29) is 0 Å². The van der Waals surface area contributed by atoms with E-state index in [1.54, 1.807) is 19.2 Å². The Labute approximate surface area is 167 Å². The molecule has 0 unspecified atom stereocenters. The molecule has 0 fully saturated rings. The van der Waals surface area contributed by atoms with Crippen molar-refractivity contribution in [2.75, 3.05) is 33.4 Å². The number of methoxy groups -OCH3 is 1. The van der Waals surface area contributed by atoms with Gasteiger partial charge in [0.05, 0.1) is 13.2 Å². The lowest BCUT2D eigenvalue weighted by atomic mass is 10.1. The zero-order chi connectivity index (χ0) is 20.2. The molecule has 0 spiro atoms. The van der Waals surface area contributed by atoms with Crippen LogP contribution >= 0.6 is 0 Å². The van der Waals surface area contributed by atoms with Crippen LogP contribution in [0, 0.1) is 6.92 Å². The fraction of sp³-hybridized carbons (Fsp3) is 0.409. The average molecular weight is 386 g/mol. The van der Waals surface area contributed by atoms with Gasteiger partial charge in [0.25, 0.3) is 0 Å². The van der Waals surface area contributed by atoms with E-state index in [1.165, 1.54) is 0 Å². The van der Waals surface area contributed by atoms with E-state index < -0.39 is 0 Å². The van der Waals surface area contributed by atoms with Crippen molar-refractivity contribution in [3.8, 4) is 11.5 Å². The number of phenolic OH excluding ortho intramolecular Hbond substituents is 1. The predicted octanol–water partition coefficient (Wildman–Crippen LogP) is 3.02. The van der Waals surface area contributed by atoms with Crippen LogP contribution in [0.2, 0.25) is 0 Å². The van der Waals surface area contributed by atoms with Gasteiger partial charge < -0.3 is 25.2 Å². The van der Waals surface area contributed by atoms with Crippen LogP contribution in [-0.4, -0.2) is 44.5 Å². The molecule has 152 valence electrons. The molecular formula is C22H31N3O3. The first-order valence-electron chi connectivity index (χ1n) is 9.63. The third-order valence-corrected chi connectivity index (χ3v) is 4.14. The van der Waals surface area contributed by atoms with E-state index >= 15 is 0 Å². The third kappa shape index (κ3) is 7.48. The number of guanidine groups is 1. The maximum Gasteiger partial charge on any atom is 0.191 e. The van der Waals surface area contributed by atoms with Gasteiger partial charge in [0, 0.05) is 25.8 Å². The summed E-state index contributed by atoms with van der Waals surface area (Å²) in [6.07, 6.45) is 0.800. The molecule has 6 heteroatoms. The summed E-state index contributed by atoms with van der Waals surface area (Å²) in [5.41, 5.74) is 3.26. The Morgan fingerprint density at radius 3 is 2.71 bits per heavy atom. The van der Waals surface area contributed by atoms with E-state index in [9.17, 15) is 5.11 Å². The Balaban J connectivity index is 1.97. The number of phenols is 1. The molecule has 0 aromatic heterocycles. The van der Waals surface area contributed by atoms with Crippen molar-refractivity contribution in [1.82, 2.24) is 10.6 Å². The highest BCUT2D eigenvalue weighted by molar-refractivity contribution is 5.79. The summed E-state index contributed by atoms with van der Waals surface area (Å²) in [5.74, 6) is 1.89. The standard InChI is InChI=1S/C22H31N3O3/c1-4-23-22(24-11-10-18-6-5-7-20(26)15-18)25-16-19-9-8-17(2)14-21(19)28-13-12-27-3/h5-9,14-15,26H,4,10-13,16H2,1-3H3,(H2,23,24,25). The summed E-state index contributed by atoms with van der Waals surface area (Å²) in [6.45, 7) is 7.17. The lowest BCUT2D eigenvalue weighted by Gasteiger charge is -2.13. The van der Waals surface area contributed by atoms with Crippen LogP contribution in [0.25, 0.3) is 0 Å². The SMILES string of the molecule is CCNC(=NCc1ccc(C)cc1OCCOC)NCCc1cccc(O)c1. The summed E-state index contributed by atoms with van der Waals surface area (Å²) in [5, 5.41) is 16.2. The number of hydrogen-bond acceptors (Lipinski definition) is 4. The molecule has 0 aliphatic carbocycles. The lowest BCUT2D eigenvalue weighted by molar-refractivity contribution is 0.145. The van der Waals surface area contributed by atoms with E-state index in [4.69, 9.17) is 9.47 Å². The summed E-state index contributed by atoms with van der Waals surface area (Å²) >= 11 is 0. The molecule has 0 aliphatic rings. The molecule has 0 aliphatic heterocycles. The Hall–Kier alpha value is -2.73. The minimum atomic E-state index is 0.290. The second-order valence-corrected chi connectivity index (χ2v) is 6.49. The number of aliphatic imine (C=N–C) groups is 1. The molecule has 0 saturated carbocycles. The van der Waals surface area contributed by atoms with Gasteiger partial charge in [-0.1, -0.05) is 24.3 Å². The number of benzene rings is 2. The zero-order valence-corrected chi connectivity index (χ0v) is 17.0. The van der Waals surface area contributed by atoms with Crippen LogP contribution in [0.3, 0.4) is 0 Å². The maximum absolute atomic E-state index is 9.56. The predicted molar refractivity (Wildman–Crippen MR) is 113 cm³/mol. The summed E-state index contributed by atoms with van der Waals surface area (Å²) in [6, 6.07) is 13.5. The largest absolute Gasteiger partial charge is 0.508 e. The highest BCUT2D eigenvalue weighted by atomic mass is 16.5. The quantitative estimate of drug-likeness (QED) is 0.333. The van der Waals surface area contributed by atoms with Crippen LogP contribution in [0.4, 0.5) is 0 Å². The van der Waals surface area contributed by atoms with Gasteiger partial charge in [-0.2, -0.15) is 0 Å². The average Bonchev–Trinajstić information content (AvgIpc) is 2.67. The number of nitrogens with one attached hydrogen (secondary N) is 2. The van der Waals surface area contributed by atoms with Crippen molar-refractivity contribution in [3.63, 3.8) is 0 Å². The molecule has 6 nitrogen and oxygen atoms in total. The molecule has 0 bridgehead atoms. The fourth-order valence-electron chi connectivity index (χ4n) is 2.70. The molecule has 0 atom stereocenters. The van der Waals surface area contributed by atoms with Crippen LogP contribution in [0.15, 0.2) is 47.5 Å². The van der Waals surface area contributed by atoms with E-state index in [0.717, 1.165) is 47.9 Å². The van der Waals surface area contributed by atoms with Crippen molar-refractivity contribution in [3.05, 3.63) is 59.2 Å².